The number of ether oxygens (including phenoxy) is 5. The number of thioether (sulfide) groups is 1. The van der Waals surface area contributed by atoms with E-state index in [1.54, 1.807) is 11.0 Å². The zero-order valence-corrected chi connectivity index (χ0v) is 30.6. The number of amides is 1. The average molecular weight is 794 g/mol. The summed E-state index contributed by atoms with van der Waals surface area (Å²) in [6.45, 7) is -2.62. The van der Waals surface area contributed by atoms with E-state index < -0.39 is 81.4 Å². The Labute approximate surface area is 310 Å². The lowest BCUT2D eigenvalue weighted by Crippen LogP contribution is -2.65. The smallest absolute Gasteiger partial charge is 0.460 e. The number of nitrogens with zero attached hydrogens (tertiary/aromatic N) is 3. The molecule has 0 N–H and O–H groups in total. The molecular formula is C34H34F2N3O13PS. The van der Waals surface area contributed by atoms with Crippen LogP contribution in [0.25, 0.3) is 0 Å². The summed E-state index contributed by atoms with van der Waals surface area (Å²) in [5.74, 6) is -2.80. The lowest BCUT2D eigenvalue weighted by atomic mass is 9.88. The molecule has 1 saturated heterocycles. The number of methoxy groups -OCH3 is 2. The molecule has 20 heteroatoms. The number of benzene rings is 2. The molecule has 1 amide bonds. The molecule has 2 aromatic carbocycles. The Morgan fingerprint density at radius 1 is 0.907 bits per heavy atom. The second-order valence-electron chi connectivity index (χ2n) is 12.7. The predicted molar refractivity (Wildman–Crippen MR) is 182 cm³/mol. The number of piperidine rings is 1. The lowest BCUT2D eigenvalue weighted by Gasteiger charge is -2.53. The van der Waals surface area contributed by atoms with Crippen molar-refractivity contribution in [2.45, 2.75) is 48.5 Å². The number of rotatable bonds is 11. The van der Waals surface area contributed by atoms with Crippen molar-refractivity contribution >= 4 is 37.8 Å². The number of fused-ring (bicyclic) bond motifs is 4. The quantitative estimate of drug-likeness (QED) is 0.130. The van der Waals surface area contributed by atoms with Crippen molar-refractivity contribution in [3.8, 4) is 5.75 Å². The first-order chi connectivity index (χ1) is 26.0. The van der Waals surface area contributed by atoms with Crippen LogP contribution in [0.1, 0.15) is 58.9 Å². The van der Waals surface area contributed by atoms with Crippen molar-refractivity contribution < 1.29 is 65.0 Å². The molecule has 3 aromatic rings. The van der Waals surface area contributed by atoms with Gasteiger partial charge in [-0.25, -0.2) is 36.5 Å². The average Bonchev–Trinajstić information content (AvgIpc) is 3.95. The number of phosphoric ester groups is 1. The standard InChI is InChI=1S/C34H34F2N3O13PS/c1-45-32(42)48-18-51-53(44,52-19-49-33(43)46-2)50-17-47-30-24(40)10-14-38-29(30)31(41)37-16-34(12-13-34)11-9-26(37)39(38)28-20-7-8-23(35)27(36)22(20)15-54-25-6-4-3-5-21(25)28/h3-8,10,14,26,28H,9,11-13,15-19H2,1-2H3/t26-,28+/m1/s1. The van der Waals surface area contributed by atoms with Gasteiger partial charge in [-0.1, -0.05) is 24.3 Å². The summed E-state index contributed by atoms with van der Waals surface area (Å²) in [5.41, 5.74) is 0.431. The molecule has 7 rings (SSSR count). The number of hydrogen-bond acceptors (Lipinski definition) is 15. The highest BCUT2D eigenvalue weighted by atomic mass is 32.2. The number of carbonyl (C=O) groups excluding carboxylic acids is 3. The third kappa shape index (κ3) is 7.25. The summed E-state index contributed by atoms with van der Waals surface area (Å²) >= 11 is 1.37. The molecule has 0 radical (unpaired) electrons. The number of hydrogen-bond donors (Lipinski definition) is 0. The molecule has 0 unspecified atom stereocenters. The van der Waals surface area contributed by atoms with Crippen LogP contribution in [0.5, 0.6) is 5.75 Å². The third-order valence-corrected chi connectivity index (χ3v) is 12.1. The molecule has 1 aromatic heterocycles. The highest BCUT2D eigenvalue weighted by Crippen LogP contribution is 2.55. The molecule has 288 valence electrons. The van der Waals surface area contributed by atoms with E-state index in [0.717, 1.165) is 50.0 Å². The van der Waals surface area contributed by atoms with Crippen LogP contribution in [0, 0.1) is 17.0 Å². The van der Waals surface area contributed by atoms with Gasteiger partial charge < -0.3 is 28.6 Å². The lowest BCUT2D eigenvalue weighted by molar-refractivity contribution is -0.0430. The van der Waals surface area contributed by atoms with Crippen molar-refractivity contribution in [2.24, 2.45) is 5.41 Å². The monoisotopic (exact) mass is 793 g/mol. The maximum Gasteiger partial charge on any atom is 0.510 e. The molecule has 16 nitrogen and oxygen atoms in total. The van der Waals surface area contributed by atoms with Gasteiger partial charge in [-0.2, -0.15) is 0 Å². The van der Waals surface area contributed by atoms with Gasteiger partial charge in [0.1, 0.15) is 6.17 Å². The Hall–Kier alpha value is -4.68. The highest BCUT2D eigenvalue weighted by molar-refractivity contribution is 7.98. The maximum absolute atomic E-state index is 15.6. The molecule has 54 heavy (non-hydrogen) atoms. The van der Waals surface area contributed by atoms with Crippen LogP contribution < -0.4 is 15.2 Å². The normalized spacial score (nSPS) is 19.4. The largest absolute Gasteiger partial charge is 0.510 e. The number of aromatic nitrogens is 1. The Balaban J connectivity index is 1.27. The fourth-order valence-corrected chi connectivity index (χ4v) is 8.81. The molecule has 1 spiro atoms. The first-order valence-corrected chi connectivity index (χ1v) is 19.0. The number of pyridine rings is 1. The zero-order valence-electron chi connectivity index (χ0n) is 28.9. The van der Waals surface area contributed by atoms with Crippen molar-refractivity contribution in [1.82, 2.24) is 9.58 Å². The molecule has 4 heterocycles. The number of halogens is 2. The fourth-order valence-electron chi connectivity index (χ4n) is 6.92. The van der Waals surface area contributed by atoms with Gasteiger partial charge in [-0.05, 0) is 54.4 Å². The second kappa shape index (κ2) is 15.2. The number of carbonyl (C=O) groups is 3. The highest BCUT2D eigenvalue weighted by Gasteiger charge is 2.54. The van der Waals surface area contributed by atoms with Gasteiger partial charge in [0.15, 0.2) is 17.3 Å². The van der Waals surface area contributed by atoms with E-state index in [2.05, 4.69) is 18.9 Å². The second-order valence-corrected chi connectivity index (χ2v) is 15.4. The van der Waals surface area contributed by atoms with Gasteiger partial charge in [0.2, 0.25) is 31.6 Å². The van der Waals surface area contributed by atoms with E-state index in [1.165, 1.54) is 28.7 Å². The SMILES string of the molecule is COC(=O)OCOP(=O)(OCOC(=O)OC)OCOc1c2n(ccc1=O)N([C@@H]1c3ccccc3SCc3c1ccc(F)c3F)[C@@H]1CCC3(CC3)CN1C2=O. The Morgan fingerprint density at radius 3 is 2.28 bits per heavy atom. The molecule has 1 aliphatic carbocycles. The summed E-state index contributed by atoms with van der Waals surface area (Å²) in [5, 5.41) is 1.89. The molecule has 3 aliphatic heterocycles. The van der Waals surface area contributed by atoms with Crippen molar-refractivity contribution in [2.75, 3.05) is 46.2 Å². The summed E-state index contributed by atoms with van der Waals surface area (Å²) in [6.07, 6.45) is 1.72. The van der Waals surface area contributed by atoms with Crippen LogP contribution in [0.15, 0.2) is 58.4 Å². The summed E-state index contributed by atoms with van der Waals surface area (Å²) in [4.78, 5) is 53.4. The molecule has 2 fully saturated rings. The van der Waals surface area contributed by atoms with Crippen LogP contribution in [0.4, 0.5) is 18.4 Å². The van der Waals surface area contributed by atoms with E-state index in [0.29, 0.717) is 18.5 Å². The van der Waals surface area contributed by atoms with E-state index in [9.17, 15) is 28.1 Å². The predicted octanol–water partition coefficient (Wildman–Crippen LogP) is 5.79. The van der Waals surface area contributed by atoms with Crippen molar-refractivity contribution in [3.63, 3.8) is 0 Å². The van der Waals surface area contributed by atoms with Crippen molar-refractivity contribution in [3.05, 3.63) is 92.9 Å². The van der Waals surface area contributed by atoms with Crippen LogP contribution in [-0.4, -0.2) is 75.1 Å². The Bertz CT molecular complexity index is 2060. The molecular weight excluding hydrogens is 759 g/mol. The fraction of sp³-hybridized carbons (Fsp3) is 0.412. The van der Waals surface area contributed by atoms with E-state index >= 15 is 4.39 Å². The van der Waals surface area contributed by atoms with E-state index in [4.69, 9.17) is 18.3 Å². The van der Waals surface area contributed by atoms with Gasteiger partial charge >= 0.3 is 20.1 Å². The first-order valence-electron chi connectivity index (χ1n) is 16.6. The van der Waals surface area contributed by atoms with Gasteiger partial charge in [-0.15, -0.1) is 11.8 Å². The summed E-state index contributed by atoms with van der Waals surface area (Å²) < 4.78 is 83.9. The van der Waals surface area contributed by atoms with Crippen LogP contribution in [0.2, 0.25) is 0 Å². The topological polar surface area (TPSA) is 171 Å². The summed E-state index contributed by atoms with van der Waals surface area (Å²) in [6, 6.07) is 10.5. The third-order valence-electron chi connectivity index (χ3n) is 9.71. The molecule has 4 aliphatic rings. The van der Waals surface area contributed by atoms with Gasteiger partial charge in [-0.3, -0.25) is 19.3 Å². The van der Waals surface area contributed by atoms with E-state index in [-0.39, 0.29) is 22.4 Å². The van der Waals surface area contributed by atoms with Crippen LogP contribution >= 0.6 is 19.6 Å². The van der Waals surface area contributed by atoms with Crippen LogP contribution in [-0.2, 0) is 42.8 Å². The van der Waals surface area contributed by atoms with Crippen LogP contribution in [0.3, 0.4) is 0 Å². The van der Waals surface area contributed by atoms with Gasteiger partial charge in [0, 0.05) is 35.0 Å². The minimum atomic E-state index is -4.78. The van der Waals surface area contributed by atoms with E-state index in [1.807, 2.05) is 29.3 Å². The van der Waals surface area contributed by atoms with Gasteiger partial charge in [0.05, 0.1) is 20.3 Å². The molecule has 2 atom stereocenters. The minimum absolute atomic E-state index is 0.0799. The number of phosphoric acid groups is 1. The maximum atomic E-state index is 15.6. The molecule has 1 saturated carbocycles. The molecule has 0 bridgehead atoms. The zero-order chi connectivity index (χ0) is 38.2. The Kier molecular flexibility index (Phi) is 10.6. The van der Waals surface area contributed by atoms with Crippen molar-refractivity contribution in [1.29, 1.82) is 0 Å². The first kappa shape index (κ1) is 37.6. The Morgan fingerprint density at radius 2 is 1.59 bits per heavy atom. The minimum Gasteiger partial charge on any atom is -0.460 e. The van der Waals surface area contributed by atoms with Gasteiger partial charge in [0.25, 0.3) is 5.91 Å². The summed E-state index contributed by atoms with van der Waals surface area (Å²) in [7, 11) is -2.73.